The van der Waals surface area contributed by atoms with Crippen LogP contribution in [0.4, 0.5) is 0 Å². The Kier molecular flexibility index (Phi) is 2.89. The van der Waals surface area contributed by atoms with Gasteiger partial charge in [-0.1, -0.05) is 6.92 Å². The van der Waals surface area contributed by atoms with E-state index in [1.165, 1.54) is 12.8 Å². The summed E-state index contributed by atoms with van der Waals surface area (Å²) in [5.41, 5.74) is 0. The van der Waals surface area contributed by atoms with Gasteiger partial charge in [-0.15, -0.1) is 0 Å². The molecule has 2 aliphatic rings. The standard InChI is InChI=1S/C11H20O2/c1-8(9-4-5-9)11(12)10-3-2-6-13-7-10/h8-12H,2-7H2,1H3. The Morgan fingerprint density at radius 1 is 1.23 bits per heavy atom. The second kappa shape index (κ2) is 3.97. The summed E-state index contributed by atoms with van der Waals surface area (Å²) in [5.74, 6) is 1.70. The molecule has 0 bridgehead atoms. The van der Waals surface area contributed by atoms with Crippen molar-refractivity contribution in [1.82, 2.24) is 0 Å². The maximum Gasteiger partial charge on any atom is 0.0618 e. The first-order valence-electron chi connectivity index (χ1n) is 5.55. The minimum Gasteiger partial charge on any atom is -0.392 e. The highest BCUT2D eigenvalue weighted by atomic mass is 16.5. The second-order valence-electron chi connectivity index (χ2n) is 4.66. The summed E-state index contributed by atoms with van der Waals surface area (Å²) in [6.45, 7) is 3.86. The van der Waals surface area contributed by atoms with E-state index < -0.39 is 0 Å². The highest BCUT2D eigenvalue weighted by Gasteiger charge is 2.36. The molecule has 2 fully saturated rings. The Morgan fingerprint density at radius 2 is 2.00 bits per heavy atom. The molecule has 13 heavy (non-hydrogen) atoms. The first-order valence-corrected chi connectivity index (χ1v) is 5.55. The summed E-state index contributed by atoms with van der Waals surface area (Å²) in [6, 6.07) is 0. The molecule has 0 spiro atoms. The van der Waals surface area contributed by atoms with E-state index in [9.17, 15) is 5.11 Å². The third-order valence-electron chi connectivity index (χ3n) is 3.58. The Labute approximate surface area is 80.3 Å². The van der Waals surface area contributed by atoms with Crippen molar-refractivity contribution in [2.24, 2.45) is 17.8 Å². The lowest BCUT2D eigenvalue weighted by atomic mass is 9.86. The Bertz CT molecular complexity index is 159. The van der Waals surface area contributed by atoms with Gasteiger partial charge in [-0.05, 0) is 37.5 Å². The fourth-order valence-electron chi connectivity index (χ4n) is 2.37. The van der Waals surface area contributed by atoms with Gasteiger partial charge in [0.1, 0.15) is 0 Å². The molecule has 2 rings (SSSR count). The van der Waals surface area contributed by atoms with E-state index in [2.05, 4.69) is 6.92 Å². The van der Waals surface area contributed by atoms with Crippen molar-refractivity contribution in [2.45, 2.75) is 38.7 Å². The first kappa shape index (κ1) is 9.47. The van der Waals surface area contributed by atoms with E-state index >= 15 is 0 Å². The molecule has 1 aliphatic carbocycles. The van der Waals surface area contributed by atoms with Gasteiger partial charge in [0.2, 0.25) is 0 Å². The molecule has 3 unspecified atom stereocenters. The predicted molar refractivity (Wildman–Crippen MR) is 51.4 cm³/mol. The van der Waals surface area contributed by atoms with Crippen molar-refractivity contribution in [3.8, 4) is 0 Å². The lowest BCUT2D eigenvalue weighted by Crippen LogP contribution is -2.34. The van der Waals surface area contributed by atoms with Crippen molar-refractivity contribution >= 4 is 0 Å². The number of ether oxygens (including phenoxy) is 1. The van der Waals surface area contributed by atoms with E-state index in [1.807, 2.05) is 0 Å². The summed E-state index contributed by atoms with van der Waals surface area (Å²) in [6.07, 6.45) is 4.81. The van der Waals surface area contributed by atoms with Crippen LogP contribution in [-0.4, -0.2) is 24.4 Å². The number of rotatable bonds is 3. The van der Waals surface area contributed by atoms with Gasteiger partial charge in [-0.3, -0.25) is 0 Å². The molecule has 1 N–H and O–H groups in total. The van der Waals surface area contributed by atoms with E-state index in [1.54, 1.807) is 0 Å². The fourth-order valence-corrected chi connectivity index (χ4v) is 2.37. The SMILES string of the molecule is CC(C1CC1)C(O)C1CCCOC1. The van der Waals surface area contributed by atoms with Crippen LogP contribution in [0.2, 0.25) is 0 Å². The van der Waals surface area contributed by atoms with Crippen LogP contribution in [0.1, 0.15) is 32.6 Å². The van der Waals surface area contributed by atoms with Gasteiger partial charge in [-0.25, -0.2) is 0 Å². The van der Waals surface area contributed by atoms with Gasteiger partial charge in [0.15, 0.2) is 0 Å². The summed E-state index contributed by atoms with van der Waals surface area (Å²) in [5, 5.41) is 10.1. The molecule has 1 aliphatic heterocycles. The maximum absolute atomic E-state index is 10.1. The molecule has 0 aromatic rings. The van der Waals surface area contributed by atoms with E-state index in [-0.39, 0.29) is 6.10 Å². The molecule has 0 aromatic heterocycles. The second-order valence-corrected chi connectivity index (χ2v) is 4.66. The highest BCUT2D eigenvalue weighted by Crippen LogP contribution is 2.40. The van der Waals surface area contributed by atoms with Gasteiger partial charge in [0.05, 0.1) is 12.7 Å². The lowest BCUT2D eigenvalue weighted by molar-refractivity contribution is -0.0336. The van der Waals surface area contributed by atoms with Crippen molar-refractivity contribution in [1.29, 1.82) is 0 Å². The van der Waals surface area contributed by atoms with Crippen molar-refractivity contribution < 1.29 is 9.84 Å². The molecule has 2 nitrogen and oxygen atoms in total. The lowest BCUT2D eigenvalue weighted by Gasteiger charge is -2.30. The van der Waals surface area contributed by atoms with Gasteiger partial charge in [-0.2, -0.15) is 0 Å². The van der Waals surface area contributed by atoms with Gasteiger partial charge in [0, 0.05) is 12.5 Å². The highest BCUT2D eigenvalue weighted by molar-refractivity contribution is 4.86. The van der Waals surface area contributed by atoms with Crippen molar-refractivity contribution in [2.75, 3.05) is 13.2 Å². The Hall–Kier alpha value is -0.0800. The molecule has 0 amide bonds. The van der Waals surface area contributed by atoms with Crippen LogP contribution >= 0.6 is 0 Å². The van der Waals surface area contributed by atoms with E-state index in [0.717, 1.165) is 32.0 Å². The Balaban J connectivity index is 1.82. The quantitative estimate of drug-likeness (QED) is 0.725. The topological polar surface area (TPSA) is 29.5 Å². The van der Waals surface area contributed by atoms with Crippen LogP contribution in [0, 0.1) is 17.8 Å². The van der Waals surface area contributed by atoms with Crippen LogP contribution in [0.5, 0.6) is 0 Å². The monoisotopic (exact) mass is 184 g/mol. The smallest absolute Gasteiger partial charge is 0.0618 e. The fraction of sp³-hybridized carbons (Fsp3) is 1.00. The molecule has 1 saturated heterocycles. The molecule has 0 radical (unpaired) electrons. The van der Waals surface area contributed by atoms with Crippen LogP contribution in [0.3, 0.4) is 0 Å². The predicted octanol–water partition coefficient (Wildman–Crippen LogP) is 1.82. The van der Waals surface area contributed by atoms with Crippen LogP contribution in [-0.2, 0) is 4.74 Å². The molecule has 1 heterocycles. The van der Waals surface area contributed by atoms with Crippen molar-refractivity contribution in [3.63, 3.8) is 0 Å². The summed E-state index contributed by atoms with van der Waals surface area (Å²) >= 11 is 0. The van der Waals surface area contributed by atoms with Crippen molar-refractivity contribution in [3.05, 3.63) is 0 Å². The molecule has 1 saturated carbocycles. The number of aliphatic hydroxyl groups excluding tert-OH is 1. The molecule has 2 heteroatoms. The minimum absolute atomic E-state index is 0.118. The average Bonchev–Trinajstić information content (AvgIpc) is 3.00. The van der Waals surface area contributed by atoms with Crippen LogP contribution in [0.15, 0.2) is 0 Å². The minimum atomic E-state index is -0.118. The third-order valence-corrected chi connectivity index (χ3v) is 3.58. The van der Waals surface area contributed by atoms with Gasteiger partial charge < -0.3 is 9.84 Å². The van der Waals surface area contributed by atoms with E-state index in [0.29, 0.717) is 11.8 Å². The molecule has 3 atom stereocenters. The molecule has 0 aromatic carbocycles. The van der Waals surface area contributed by atoms with Crippen LogP contribution < -0.4 is 0 Å². The molecular formula is C11H20O2. The largest absolute Gasteiger partial charge is 0.392 e. The number of hydrogen-bond acceptors (Lipinski definition) is 2. The summed E-state index contributed by atoms with van der Waals surface area (Å²) < 4.78 is 5.39. The molecular weight excluding hydrogens is 164 g/mol. The zero-order chi connectivity index (χ0) is 9.26. The summed E-state index contributed by atoms with van der Waals surface area (Å²) in [4.78, 5) is 0. The zero-order valence-corrected chi connectivity index (χ0v) is 8.41. The number of aliphatic hydroxyl groups is 1. The maximum atomic E-state index is 10.1. The number of hydrogen-bond donors (Lipinski definition) is 1. The zero-order valence-electron chi connectivity index (χ0n) is 8.41. The van der Waals surface area contributed by atoms with E-state index in [4.69, 9.17) is 4.74 Å². The van der Waals surface area contributed by atoms with Gasteiger partial charge >= 0.3 is 0 Å². The summed E-state index contributed by atoms with van der Waals surface area (Å²) in [7, 11) is 0. The van der Waals surface area contributed by atoms with Gasteiger partial charge in [0.25, 0.3) is 0 Å². The Morgan fingerprint density at radius 3 is 2.54 bits per heavy atom. The third kappa shape index (κ3) is 2.23. The average molecular weight is 184 g/mol. The van der Waals surface area contributed by atoms with Crippen LogP contribution in [0.25, 0.3) is 0 Å². The normalized spacial score (nSPS) is 34.2. The first-order chi connectivity index (χ1) is 6.29. The molecule has 76 valence electrons.